The largest absolute Gasteiger partial charge is 0.405 e. The number of ether oxygens (including phenoxy) is 2. The van der Waals surface area contributed by atoms with Crippen LogP contribution in [0.2, 0.25) is 0 Å². The van der Waals surface area contributed by atoms with E-state index in [0.717, 1.165) is 0 Å². The minimum Gasteiger partial charge on any atom is -0.379 e. The average Bonchev–Trinajstić information content (AvgIpc) is 2.40. The van der Waals surface area contributed by atoms with E-state index in [2.05, 4.69) is 9.47 Å². The van der Waals surface area contributed by atoms with E-state index in [-0.39, 0.29) is 20.5 Å². The zero-order chi connectivity index (χ0) is 21.9. The summed E-state index contributed by atoms with van der Waals surface area (Å²) in [7, 11) is 0. The van der Waals surface area contributed by atoms with E-state index in [4.69, 9.17) is 0 Å². The van der Waals surface area contributed by atoms with E-state index in [1.165, 1.54) is 0 Å². The van der Waals surface area contributed by atoms with Crippen LogP contribution < -0.4 is 0 Å². The summed E-state index contributed by atoms with van der Waals surface area (Å²) >= 11 is 0. The van der Waals surface area contributed by atoms with E-state index in [1.54, 1.807) is 0 Å². The monoisotopic (exact) mass is 431 g/mol. The molecule has 14 heteroatoms. The molecule has 0 aliphatic carbocycles. The Morgan fingerprint density at radius 2 is 1.00 bits per heavy atom. The van der Waals surface area contributed by atoms with Gasteiger partial charge in [-0.05, 0) is 20.3 Å². The van der Waals surface area contributed by atoms with Crippen molar-refractivity contribution in [3.63, 3.8) is 0 Å². The molecule has 1 radical (unpaired) electrons. The smallest absolute Gasteiger partial charge is 0.379 e. The highest BCUT2D eigenvalue weighted by atomic mass is 19.4. The van der Waals surface area contributed by atoms with E-state index in [1.807, 2.05) is 0 Å². The third kappa shape index (κ3) is 6.03. The van der Waals surface area contributed by atoms with Crippen LogP contribution in [0.15, 0.2) is 0 Å². The van der Waals surface area contributed by atoms with Crippen LogP contribution in [0.4, 0.5) is 52.7 Å². The Labute approximate surface area is 145 Å². The van der Waals surface area contributed by atoms with Crippen molar-refractivity contribution in [1.82, 2.24) is 0 Å². The zero-order valence-electron chi connectivity index (χ0n) is 13.8. The summed E-state index contributed by atoms with van der Waals surface area (Å²) < 4.78 is 159. The van der Waals surface area contributed by atoms with Crippen molar-refractivity contribution in [1.29, 1.82) is 0 Å². The number of rotatable bonds is 8. The molecule has 0 aliphatic heterocycles. The lowest BCUT2D eigenvalue weighted by Crippen LogP contribution is -2.50. The van der Waals surface area contributed by atoms with Gasteiger partial charge in [-0.2, -0.15) is 52.7 Å². The predicted molar refractivity (Wildman–Crippen MR) is 66.1 cm³/mol. The van der Waals surface area contributed by atoms with Gasteiger partial charge in [0, 0.05) is 6.61 Å². The second-order valence-corrected chi connectivity index (χ2v) is 5.96. The van der Waals surface area contributed by atoms with Crippen molar-refractivity contribution in [3.8, 4) is 0 Å². The fourth-order valence-corrected chi connectivity index (χ4v) is 1.45. The molecular formula is C13H15F12O2. The van der Waals surface area contributed by atoms with Crippen LogP contribution in [0.25, 0.3) is 0 Å². The SMILES string of the molecule is CC(CCOC[CH]OCC(C)(C(F)(F)F)C(F)(F)F)(C(F)(F)F)C(F)(F)F. The molecule has 0 bridgehead atoms. The van der Waals surface area contributed by atoms with E-state index in [9.17, 15) is 52.7 Å². The highest BCUT2D eigenvalue weighted by Crippen LogP contribution is 2.52. The van der Waals surface area contributed by atoms with Gasteiger partial charge < -0.3 is 9.47 Å². The van der Waals surface area contributed by atoms with Gasteiger partial charge in [-0.3, -0.25) is 0 Å². The normalized spacial score (nSPS) is 15.3. The third-order valence-corrected chi connectivity index (χ3v) is 3.92. The molecule has 0 aromatic carbocycles. The first-order chi connectivity index (χ1) is 11.7. The van der Waals surface area contributed by atoms with Crippen LogP contribution in [0, 0.1) is 17.4 Å². The summed E-state index contributed by atoms with van der Waals surface area (Å²) in [4.78, 5) is 0. The lowest BCUT2D eigenvalue weighted by Gasteiger charge is -2.34. The molecule has 0 rings (SSSR count). The van der Waals surface area contributed by atoms with Crippen molar-refractivity contribution in [2.75, 3.05) is 19.8 Å². The Morgan fingerprint density at radius 1 is 0.630 bits per heavy atom. The van der Waals surface area contributed by atoms with Crippen molar-refractivity contribution in [3.05, 3.63) is 6.61 Å². The van der Waals surface area contributed by atoms with Crippen molar-refractivity contribution in [2.24, 2.45) is 10.8 Å². The van der Waals surface area contributed by atoms with Crippen LogP contribution in [-0.4, -0.2) is 44.5 Å². The van der Waals surface area contributed by atoms with Crippen molar-refractivity contribution >= 4 is 0 Å². The maximum atomic E-state index is 12.6. The molecule has 0 fully saturated rings. The molecule has 0 aromatic heterocycles. The van der Waals surface area contributed by atoms with E-state index in [0.29, 0.717) is 0 Å². The second kappa shape index (κ2) is 8.21. The molecule has 0 unspecified atom stereocenters. The van der Waals surface area contributed by atoms with Gasteiger partial charge in [-0.1, -0.05) is 0 Å². The first kappa shape index (κ1) is 26.1. The standard InChI is InChI=1S/C13H15F12O2/c1-8(10(14,15)16,11(17,18)19)3-4-26-5-6-27-7-9(2,12(20,21)22)13(23,24)25/h6H,3-5,7H2,1-2H3. The van der Waals surface area contributed by atoms with Gasteiger partial charge in [0.05, 0.1) is 13.2 Å². The summed E-state index contributed by atoms with van der Waals surface area (Å²) in [6, 6.07) is 0. The lowest BCUT2D eigenvalue weighted by molar-refractivity contribution is -0.344. The quantitative estimate of drug-likeness (QED) is 0.356. The van der Waals surface area contributed by atoms with Gasteiger partial charge >= 0.3 is 24.7 Å². The van der Waals surface area contributed by atoms with Crippen molar-refractivity contribution in [2.45, 2.75) is 45.0 Å². The summed E-state index contributed by atoms with van der Waals surface area (Å²) in [6.07, 6.45) is -24.3. The Bertz CT molecular complexity index is 390. The van der Waals surface area contributed by atoms with Gasteiger partial charge in [0.1, 0.15) is 6.61 Å². The van der Waals surface area contributed by atoms with Gasteiger partial charge in [-0.25, -0.2) is 0 Å². The minimum atomic E-state index is -5.71. The Hall–Kier alpha value is -0.920. The average molecular weight is 431 g/mol. The molecule has 0 N–H and O–H groups in total. The van der Waals surface area contributed by atoms with Gasteiger partial charge in [0.15, 0.2) is 10.8 Å². The first-order valence-corrected chi connectivity index (χ1v) is 6.98. The summed E-state index contributed by atoms with van der Waals surface area (Å²) in [5, 5.41) is 0. The highest BCUT2D eigenvalue weighted by molar-refractivity contribution is 4.90. The number of halogens is 12. The van der Waals surface area contributed by atoms with Gasteiger partial charge in [0.2, 0.25) is 0 Å². The first-order valence-electron chi connectivity index (χ1n) is 6.98. The Kier molecular flexibility index (Phi) is 7.93. The second-order valence-electron chi connectivity index (χ2n) is 5.96. The van der Waals surface area contributed by atoms with Gasteiger partial charge in [0.25, 0.3) is 0 Å². The molecule has 2 nitrogen and oxygen atoms in total. The fourth-order valence-electron chi connectivity index (χ4n) is 1.45. The number of hydrogen-bond donors (Lipinski definition) is 0. The predicted octanol–water partition coefficient (Wildman–Crippen LogP) is 5.83. The van der Waals surface area contributed by atoms with Crippen LogP contribution in [0.3, 0.4) is 0 Å². The molecule has 0 aromatic rings. The zero-order valence-corrected chi connectivity index (χ0v) is 13.8. The number of hydrogen-bond acceptors (Lipinski definition) is 2. The molecule has 0 saturated heterocycles. The topological polar surface area (TPSA) is 18.5 Å². The highest BCUT2D eigenvalue weighted by Gasteiger charge is 2.68. The maximum absolute atomic E-state index is 12.6. The van der Waals surface area contributed by atoms with E-state index < -0.39 is 61.8 Å². The molecule has 0 spiro atoms. The van der Waals surface area contributed by atoms with Crippen LogP contribution in [0.1, 0.15) is 20.3 Å². The fraction of sp³-hybridized carbons (Fsp3) is 0.923. The van der Waals surface area contributed by atoms with Crippen LogP contribution in [0.5, 0.6) is 0 Å². The van der Waals surface area contributed by atoms with Gasteiger partial charge in [-0.15, -0.1) is 0 Å². The molecule has 27 heavy (non-hydrogen) atoms. The van der Waals surface area contributed by atoms with Crippen LogP contribution in [-0.2, 0) is 9.47 Å². The molecule has 0 aliphatic rings. The number of alkyl halides is 12. The van der Waals surface area contributed by atoms with E-state index >= 15 is 0 Å². The lowest BCUT2D eigenvalue weighted by atomic mass is 9.85. The maximum Gasteiger partial charge on any atom is 0.405 e. The summed E-state index contributed by atoms with van der Waals surface area (Å²) in [5.41, 5.74) is -8.31. The summed E-state index contributed by atoms with van der Waals surface area (Å²) in [6.45, 7) is -3.92. The molecule has 0 amide bonds. The Balaban J connectivity index is 4.53. The summed E-state index contributed by atoms with van der Waals surface area (Å²) in [5.74, 6) is 0. The van der Waals surface area contributed by atoms with Crippen LogP contribution >= 0.6 is 0 Å². The Morgan fingerprint density at radius 3 is 1.33 bits per heavy atom. The minimum absolute atomic E-state index is 0.103. The molecular weight excluding hydrogens is 416 g/mol. The molecule has 0 heterocycles. The van der Waals surface area contributed by atoms with Crippen molar-refractivity contribution < 1.29 is 62.2 Å². The molecule has 0 atom stereocenters. The third-order valence-electron chi connectivity index (χ3n) is 3.92. The molecule has 163 valence electrons. The molecule has 0 saturated carbocycles.